The molecule has 0 bridgehead atoms. The molecule has 3 rings (SSSR count). The number of nitro groups is 1. The highest BCUT2D eigenvalue weighted by Crippen LogP contribution is 2.37. The van der Waals surface area contributed by atoms with Gasteiger partial charge in [-0.15, -0.1) is 0 Å². The number of hydrogen-bond donors (Lipinski definition) is 1. The number of phenols is 1. The fraction of sp³-hybridized carbons (Fsp3) is 0.0625. The zero-order valence-electron chi connectivity index (χ0n) is 12.1. The lowest BCUT2D eigenvalue weighted by Crippen LogP contribution is -1.93. The molecule has 0 saturated carbocycles. The van der Waals surface area contributed by atoms with Gasteiger partial charge in [0.1, 0.15) is 5.52 Å². The van der Waals surface area contributed by atoms with Crippen LogP contribution in [0.4, 0.5) is 5.69 Å². The van der Waals surface area contributed by atoms with Crippen molar-refractivity contribution in [2.45, 2.75) is 0 Å². The number of methoxy groups -OCH3 is 1. The van der Waals surface area contributed by atoms with E-state index in [1.54, 1.807) is 18.2 Å². The largest absolute Gasteiger partial charge is 0.500 e. The predicted molar refractivity (Wildman–Crippen MR) is 84.3 cm³/mol. The quantitative estimate of drug-likeness (QED) is 0.583. The van der Waals surface area contributed by atoms with Crippen molar-refractivity contribution in [3.63, 3.8) is 0 Å². The van der Waals surface area contributed by atoms with Crippen LogP contribution in [0.3, 0.4) is 0 Å². The van der Waals surface area contributed by atoms with E-state index in [2.05, 4.69) is 4.98 Å². The van der Waals surface area contributed by atoms with Gasteiger partial charge in [0.05, 0.1) is 12.0 Å². The Labute approximate surface area is 130 Å². The summed E-state index contributed by atoms with van der Waals surface area (Å²) < 4.78 is 10.5. The number of aromatic nitrogens is 1. The Morgan fingerprint density at radius 3 is 2.78 bits per heavy atom. The van der Waals surface area contributed by atoms with Gasteiger partial charge in [0, 0.05) is 12.1 Å². The molecular formula is C16H12N2O5. The lowest BCUT2D eigenvalue weighted by atomic mass is 10.1. The molecule has 7 nitrogen and oxygen atoms in total. The fourth-order valence-electron chi connectivity index (χ4n) is 2.13. The van der Waals surface area contributed by atoms with E-state index in [1.807, 2.05) is 18.2 Å². The van der Waals surface area contributed by atoms with Crippen molar-refractivity contribution in [1.82, 2.24) is 4.98 Å². The summed E-state index contributed by atoms with van der Waals surface area (Å²) in [4.78, 5) is 14.6. The Hall–Kier alpha value is -3.35. The molecule has 0 radical (unpaired) electrons. The average Bonchev–Trinajstić information content (AvgIpc) is 2.96. The number of phenolic OH excluding ortho intramolecular Hbond substituents is 1. The number of rotatable bonds is 4. The molecule has 3 aromatic rings. The molecule has 7 heteroatoms. The first-order valence-electron chi connectivity index (χ1n) is 6.67. The number of hydrogen-bond acceptors (Lipinski definition) is 6. The second-order valence-corrected chi connectivity index (χ2v) is 4.70. The molecule has 0 saturated heterocycles. The molecule has 0 atom stereocenters. The highest BCUT2D eigenvalue weighted by molar-refractivity contribution is 5.77. The third-order valence-electron chi connectivity index (χ3n) is 3.22. The van der Waals surface area contributed by atoms with Crippen molar-refractivity contribution in [3.8, 4) is 11.5 Å². The zero-order chi connectivity index (χ0) is 16.4. The molecule has 1 heterocycles. The molecule has 0 amide bonds. The molecule has 23 heavy (non-hydrogen) atoms. The number of nitro benzene ring substituents is 1. The Bertz CT molecular complexity index is 881. The lowest BCUT2D eigenvalue weighted by Gasteiger charge is -2.05. The van der Waals surface area contributed by atoms with E-state index in [-0.39, 0.29) is 5.75 Å². The van der Waals surface area contributed by atoms with Crippen molar-refractivity contribution >= 4 is 28.9 Å². The van der Waals surface area contributed by atoms with Crippen LogP contribution in [0.15, 0.2) is 40.8 Å². The summed E-state index contributed by atoms with van der Waals surface area (Å²) in [5.74, 6) is -0.103. The molecule has 0 fully saturated rings. The van der Waals surface area contributed by atoms with Crippen molar-refractivity contribution in [3.05, 3.63) is 58.0 Å². The standard InChI is InChI=1S/C16H12N2O5/c1-22-14-9-10(8-12(16(14)19)18(20)21)6-7-15-17-11-4-2-3-5-13(11)23-15/h2-9,19H,1H3. The summed E-state index contributed by atoms with van der Waals surface area (Å²) in [6.07, 6.45) is 3.19. The van der Waals surface area contributed by atoms with Gasteiger partial charge in [-0.05, 0) is 29.8 Å². The van der Waals surface area contributed by atoms with E-state index in [9.17, 15) is 15.2 Å². The van der Waals surface area contributed by atoms with Gasteiger partial charge in [0.2, 0.25) is 11.6 Å². The highest BCUT2D eigenvalue weighted by atomic mass is 16.6. The predicted octanol–water partition coefficient (Wildman–Crippen LogP) is 3.62. The summed E-state index contributed by atoms with van der Waals surface area (Å²) in [5.41, 5.74) is 1.43. The first-order chi connectivity index (χ1) is 11.1. The van der Waals surface area contributed by atoms with E-state index in [4.69, 9.17) is 9.15 Å². The normalized spacial score (nSPS) is 11.2. The minimum absolute atomic E-state index is 0.0245. The van der Waals surface area contributed by atoms with E-state index in [0.717, 1.165) is 5.52 Å². The zero-order valence-corrected chi connectivity index (χ0v) is 12.1. The van der Waals surface area contributed by atoms with Crippen molar-refractivity contribution in [1.29, 1.82) is 0 Å². The smallest absolute Gasteiger partial charge is 0.315 e. The van der Waals surface area contributed by atoms with Gasteiger partial charge >= 0.3 is 5.69 Å². The van der Waals surface area contributed by atoms with E-state index < -0.39 is 16.4 Å². The van der Waals surface area contributed by atoms with E-state index in [1.165, 1.54) is 19.2 Å². The molecule has 0 aliphatic heterocycles. The number of nitrogens with zero attached hydrogens (tertiary/aromatic N) is 2. The molecule has 0 aliphatic rings. The van der Waals surface area contributed by atoms with Crippen LogP contribution >= 0.6 is 0 Å². The van der Waals surface area contributed by atoms with Crippen LogP contribution in [-0.4, -0.2) is 22.1 Å². The Morgan fingerprint density at radius 2 is 2.09 bits per heavy atom. The topological polar surface area (TPSA) is 98.6 Å². The molecule has 116 valence electrons. The van der Waals surface area contributed by atoms with Crippen LogP contribution < -0.4 is 4.74 Å². The Morgan fingerprint density at radius 1 is 1.30 bits per heavy atom. The number of ether oxygens (including phenoxy) is 1. The maximum absolute atomic E-state index is 11.0. The molecule has 0 spiro atoms. The first kappa shape index (κ1) is 14.6. The summed E-state index contributed by atoms with van der Waals surface area (Å²) in [6, 6.07) is 10.1. The number of oxazole rings is 1. The van der Waals surface area contributed by atoms with Crippen molar-refractivity contribution < 1.29 is 19.2 Å². The second kappa shape index (κ2) is 5.80. The van der Waals surface area contributed by atoms with E-state index >= 15 is 0 Å². The monoisotopic (exact) mass is 312 g/mol. The minimum atomic E-state index is -0.672. The third-order valence-corrected chi connectivity index (χ3v) is 3.22. The van der Waals surface area contributed by atoms with Crippen LogP contribution in [0.5, 0.6) is 11.5 Å². The average molecular weight is 312 g/mol. The Balaban J connectivity index is 1.98. The molecule has 0 aliphatic carbocycles. The van der Waals surface area contributed by atoms with Gasteiger partial charge in [-0.25, -0.2) is 4.98 Å². The van der Waals surface area contributed by atoms with Gasteiger partial charge in [-0.3, -0.25) is 10.1 Å². The minimum Gasteiger partial charge on any atom is -0.500 e. The lowest BCUT2D eigenvalue weighted by molar-refractivity contribution is -0.386. The second-order valence-electron chi connectivity index (χ2n) is 4.70. The summed E-state index contributed by atoms with van der Waals surface area (Å²) in [6.45, 7) is 0. The van der Waals surface area contributed by atoms with Crippen LogP contribution in [0.1, 0.15) is 11.5 Å². The van der Waals surface area contributed by atoms with Crippen molar-refractivity contribution in [2.24, 2.45) is 0 Å². The van der Waals surface area contributed by atoms with Gasteiger partial charge in [-0.1, -0.05) is 12.1 Å². The van der Waals surface area contributed by atoms with Gasteiger partial charge in [0.25, 0.3) is 0 Å². The Kier molecular flexibility index (Phi) is 3.68. The van der Waals surface area contributed by atoms with Gasteiger partial charge in [0.15, 0.2) is 11.3 Å². The van der Waals surface area contributed by atoms with Crippen LogP contribution in [-0.2, 0) is 0 Å². The third kappa shape index (κ3) is 2.84. The molecular weight excluding hydrogens is 300 g/mol. The number of fused-ring (bicyclic) bond motifs is 1. The fourth-order valence-corrected chi connectivity index (χ4v) is 2.13. The van der Waals surface area contributed by atoms with Gasteiger partial charge < -0.3 is 14.3 Å². The van der Waals surface area contributed by atoms with Crippen LogP contribution in [0, 0.1) is 10.1 Å². The summed E-state index contributed by atoms with van der Waals surface area (Å²) in [5, 5.41) is 20.7. The summed E-state index contributed by atoms with van der Waals surface area (Å²) >= 11 is 0. The van der Waals surface area contributed by atoms with Crippen LogP contribution in [0.25, 0.3) is 23.3 Å². The molecule has 0 unspecified atom stereocenters. The van der Waals surface area contributed by atoms with Crippen LogP contribution in [0.2, 0.25) is 0 Å². The summed E-state index contributed by atoms with van der Waals surface area (Å²) in [7, 11) is 1.33. The molecule has 1 aromatic heterocycles. The maximum atomic E-state index is 11.0. The maximum Gasteiger partial charge on any atom is 0.315 e. The number of benzene rings is 2. The van der Waals surface area contributed by atoms with E-state index in [0.29, 0.717) is 17.0 Å². The molecule has 2 aromatic carbocycles. The van der Waals surface area contributed by atoms with Gasteiger partial charge in [-0.2, -0.15) is 0 Å². The highest BCUT2D eigenvalue weighted by Gasteiger charge is 2.19. The molecule has 1 N–H and O–H groups in total. The SMILES string of the molecule is COc1cc(C=Cc2nc3ccccc3o2)cc([N+](=O)[O-])c1O. The number of para-hydroxylation sites is 2. The first-order valence-corrected chi connectivity index (χ1v) is 6.67. The number of aromatic hydroxyl groups is 1. The van der Waals surface area contributed by atoms with Crippen molar-refractivity contribution in [2.75, 3.05) is 7.11 Å².